The molecule has 1 heterocycles. The summed E-state index contributed by atoms with van der Waals surface area (Å²) < 4.78 is 30.7. The molecule has 0 aliphatic rings. The van der Waals surface area contributed by atoms with Crippen LogP contribution in [0.5, 0.6) is 0 Å². The van der Waals surface area contributed by atoms with E-state index >= 15 is 0 Å². The van der Waals surface area contributed by atoms with E-state index in [0.29, 0.717) is 5.69 Å². The molecular weight excluding hydrogens is 266 g/mol. The molecule has 0 saturated heterocycles. The molecule has 0 N–H and O–H groups in total. The van der Waals surface area contributed by atoms with Crippen molar-refractivity contribution in [2.45, 2.75) is 18.4 Å². The molecule has 0 saturated carbocycles. The van der Waals surface area contributed by atoms with Gasteiger partial charge >= 0.3 is 5.97 Å². The third kappa shape index (κ3) is 2.85. The fraction of sp³-hybridized carbons (Fsp3) is 0.154. The molecule has 0 spiro atoms. The number of carbonyl (C=O) groups excluding carboxylic acids is 1. The minimum Gasteiger partial charge on any atom is -0.459 e. The van der Waals surface area contributed by atoms with E-state index in [1.165, 1.54) is 25.3 Å². The molecule has 0 atom stereocenters. The standard InChI is InChI=1S/C13H13NO4S/c1-11(15)18-10-12-6-5-9-14(12)19(16,17)13-7-3-2-4-8-13/h2-9H,10H2,1H3. The van der Waals surface area contributed by atoms with Crippen LogP contribution in [0.1, 0.15) is 12.6 Å². The molecule has 100 valence electrons. The maximum Gasteiger partial charge on any atom is 0.303 e. The van der Waals surface area contributed by atoms with Crippen molar-refractivity contribution in [2.75, 3.05) is 0 Å². The summed E-state index contributed by atoms with van der Waals surface area (Å²) in [6.45, 7) is 1.20. The Morgan fingerprint density at radius 2 is 1.84 bits per heavy atom. The van der Waals surface area contributed by atoms with E-state index in [9.17, 15) is 13.2 Å². The highest BCUT2D eigenvalue weighted by molar-refractivity contribution is 7.90. The van der Waals surface area contributed by atoms with E-state index < -0.39 is 16.0 Å². The Kier molecular flexibility index (Phi) is 3.71. The predicted molar refractivity (Wildman–Crippen MR) is 68.9 cm³/mol. The van der Waals surface area contributed by atoms with Crippen LogP contribution in [-0.4, -0.2) is 18.4 Å². The lowest BCUT2D eigenvalue weighted by molar-refractivity contribution is -0.142. The Labute approximate surface area is 111 Å². The van der Waals surface area contributed by atoms with Gasteiger partial charge in [0.25, 0.3) is 10.0 Å². The third-order valence-electron chi connectivity index (χ3n) is 2.52. The van der Waals surface area contributed by atoms with E-state index in [0.717, 1.165) is 3.97 Å². The second-order valence-electron chi connectivity index (χ2n) is 3.89. The summed E-state index contributed by atoms with van der Waals surface area (Å²) in [5, 5.41) is 0. The summed E-state index contributed by atoms with van der Waals surface area (Å²) in [4.78, 5) is 11.0. The number of ether oxygens (including phenoxy) is 1. The molecule has 0 fully saturated rings. The van der Waals surface area contributed by atoms with Gasteiger partial charge in [-0.05, 0) is 24.3 Å². The zero-order valence-electron chi connectivity index (χ0n) is 10.3. The van der Waals surface area contributed by atoms with Crippen molar-refractivity contribution in [3.8, 4) is 0 Å². The average molecular weight is 279 g/mol. The van der Waals surface area contributed by atoms with Gasteiger partial charge in [0, 0.05) is 13.1 Å². The van der Waals surface area contributed by atoms with Crippen molar-refractivity contribution in [2.24, 2.45) is 0 Å². The Bertz CT molecular complexity index is 674. The van der Waals surface area contributed by atoms with Gasteiger partial charge in [-0.3, -0.25) is 4.79 Å². The monoisotopic (exact) mass is 279 g/mol. The van der Waals surface area contributed by atoms with Crippen molar-refractivity contribution >= 4 is 16.0 Å². The van der Waals surface area contributed by atoms with Gasteiger partial charge in [-0.15, -0.1) is 0 Å². The maximum absolute atomic E-state index is 12.4. The molecule has 0 radical (unpaired) electrons. The molecule has 0 amide bonds. The molecule has 0 aliphatic heterocycles. The van der Waals surface area contributed by atoms with Crippen LogP contribution in [-0.2, 0) is 26.2 Å². The zero-order chi connectivity index (χ0) is 13.9. The van der Waals surface area contributed by atoms with E-state index in [4.69, 9.17) is 4.74 Å². The minimum absolute atomic E-state index is 0.0750. The van der Waals surface area contributed by atoms with Gasteiger partial charge in [-0.1, -0.05) is 18.2 Å². The van der Waals surface area contributed by atoms with Gasteiger partial charge in [-0.25, -0.2) is 12.4 Å². The Balaban J connectivity index is 2.37. The number of nitrogens with zero attached hydrogens (tertiary/aromatic N) is 1. The Morgan fingerprint density at radius 1 is 1.16 bits per heavy atom. The molecule has 2 aromatic rings. The molecule has 0 bridgehead atoms. The summed E-state index contributed by atoms with van der Waals surface area (Å²) in [6, 6.07) is 11.3. The average Bonchev–Trinajstić information content (AvgIpc) is 2.86. The second-order valence-corrected chi connectivity index (χ2v) is 5.71. The van der Waals surface area contributed by atoms with Gasteiger partial charge in [0.15, 0.2) is 0 Å². The number of rotatable bonds is 4. The summed E-state index contributed by atoms with van der Waals surface area (Å²) in [5.74, 6) is -0.454. The maximum atomic E-state index is 12.4. The van der Waals surface area contributed by atoms with Crippen LogP contribution in [0.2, 0.25) is 0 Å². The van der Waals surface area contributed by atoms with Crippen molar-refractivity contribution in [1.82, 2.24) is 3.97 Å². The van der Waals surface area contributed by atoms with Crippen LogP contribution in [0, 0.1) is 0 Å². The summed E-state index contributed by atoms with van der Waals surface area (Å²) in [6.07, 6.45) is 1.43. The van der Waals surface area contributed by atoms with Crippen LogP contribution < -0.4 is 0 Å². The topological polar surface area (TPSA) is 65.4 Å². The largest absolute Gasteiger partial charge is 0.459 e. The van der Waals surface area contributed by atoms with Crippen LogP contribution in [0.4, 0.5) is 0 Å². The molecule has 19 heavy (non-hydrogen) atoms. The smallest absolute Gasteiger partial charge is 0.303 e. The number of hydrogen-bond acceptors (Lipinski definition) is 4. The number of carbonyl (C=O) groups is 1. The fourth-order valence-electron chi connectivity index (χ4n) is 1.63. The van der Waals surface area contributed by atoms with Crippen LogP contribution in [0.15, 0.2) is 53.6 Å². The highest BCUT2D eigenvalue weighted by Crippen LogP contribution is 2.16. The van der Waals surface area contributed by atoms with Crippen molar-refractivity contribution in [1.29, 1.82) is 0 Å². The van der Waals surface area contributed by atoms with E-state index in [1.807, 2.05) is 0 Å². The Morgan fingerprint density at radius 3 is 2.47 bits per heavy atom. The normalized spacial score (nSPS) is 11.2. The first-order chi connectivity index (χ1) is 9.01. The number of hydrogen-bond donors (Lipinski definition) is 0. The molecule has 0 unspecified atom stereocenters. The zero-order valence-corrected chi connectivity index (χ0v) is 11.1. The lowest BCUT2D eigenvalue weighted by atomic mass is 10.4. The lowest BCUT2D eigenvalue weighted by Crippen LogP contribution is -2.15. The van der Waals surface area contributed by atoms with Crippen molar-refractivity contribution < 1.29 is 17.9 Å². The van der Waals surface area contributed by atoms with Crippen molar-refractivity contribution in [3.05, 3.63) is 54.4 Å². The molecule has 2 rings (SSSR count). The number of esters is 1. The summed E-state index contributed by atoms with van der Waals surface area (Å²) in [5.41, 5.74) is 0.402. The van der Waals surface area contributed by atoms with Crippen molar-refractivity contribution in [3.63, 3.8) is 0 Å². The molecule has 1 aromatic carbocycles. The first-order valence-electron chi connectivity index (χ1n) is 5.62. The van der Waals surface area contributed by atoms with Gasteiger partial charge in [-0.2, -0.15) is 0 Å². The highest BCUT2D eigenvalue weighted by atomic mass is 32.2. The molecule has 1 aromatic heterocycles. The van der Waals surface area contributed by atoms with Gasteiger partial charge in [0.05, 0.1) is 10.6 Å². The first-order valence-corrected chi connectivity index (χ1v) is 7.06. The quantitative estimate of drug-likeness (QED) is 0.800. The number of aromatic nitrogens is 1. The first kappa shape index (κ1) is 13.4. The van der Waals surface area contributed by atoms with Gasteiger partial charge in [0.2, 0.25) is 0 Å². The minimum atomic E-state index is -3.65. The van der Waals surface area contributed by atoms with E-state index in [1.54, 1.807) is 30.3 Å². The molecule has 0 aliphatic carbocycles. The fourth-order valence-corrected chi connectivity index (χ4v) is 3.01. The molecule has 5 nitrogen and oxygen atoms in total. The Hall–Kier alpha value is -2.08. The van der Waals surface area contributed by atoms with Crippen LogP contribution >= 0.6 is 0 Å². The van der Waals surface area contributed by atoms with Crippen LogP contribution in [0.3, 0.4) is 0 Å². The van der Waals surface area contributed by atoms with E-state index in [2.05, 4.69) is 0 Å². The SMILES string of the molecule is CC(=O)OCc1cccn1S(=O)(=O)c1ccccc1. The summed E-state index contributed by atoms with van der Waals surface area (Å²) in [7, 11) is -3.65. The lowest BCUT2D eigenvalue weighted by Gasteiger charge is -2.10. The van der Waals surface area contributed by atoms with E-state index in [-0.39, 0.29) is 11.5 Å². The summed E-state index contributed by atoms with van der Waals surface area (Å²) >= 11 is 0. The molecule has 6 heteroatoms. The van der Waals surface area contributed by atoms with Gasteiger partial charge in [0.1, 0.15) is 6.61 Å². The second kappa shape index (κ2) is 5.27. The molecular formula is C13H13NO4S. The number of benzene rings is 1. The third-order valence-corrected chi connectivity index (χ3v) is 4.26. The van der Waals surface area contributed by atoms with Crippen LogP contribution in [0.25, 0.3) is 0 Å². The van der Waals surface area contributed by atoms with Gasteiger partial charge < -0.3 is 4.74 Å². The highest BCUT2D eigenvalue weighted by Gasteiger charge is 2.19. The predicted octanol–water partition coefficient (Wildman–Crippen LogP) is 1.79.